The lowest BCUT2D eigenvalue weighted by Gasteiger charge is -2.20. The molecule has 0 aromatic heterocycles. The first-order valence-corrected chi connectivity index (χ1v) is 6.52. The molecule has 0 saturated heterocycles. The maximum atomic E-state index is 5.74. The molecule has 2 aliphatic rings. The maximum absolute atomic E-state index is 5.74. The summed E-state index contributed by atoms with van der Waals surface area (Å²) in [5, 5.41) is 3.64. The number of allylic oxidation sites excluding steroid dienone is 2. The van der Waals surface area contributed by atoms with Crippen LogP contribution in [0.25, 0.3) is 5.57 Å². The van der Waals surface area contributed by atoms with Crippen LogP contribution in [0.15, 0.2) is 54.1 Å². The summed E-state index contributed by atoms with van der Waals surface area (Å²) in [5.74, 6) is 0. The van der Waals surface area contributed by atoms with Crippen molar-refractivity contribution in [2.24, 2.45) is 5.73 Å². The van der Waals surface area contributed by atoms with Crippen LogP contribution in [0, 0.1) is 0 Å². The molecule has 1 aliphatic heterocycles. The number of fused-ring (bicyclic) bond motifs is 2. The second-order valence-electron chi connectivity index (χ2n) is 4.78. The number of rotatable bonds is 2. The smallest absolute Gasteiger partial charge is 0.0548 e. The lowest BCUT2D eigenvalue weighted by molar-refractivity contribution is 0.851. The van der Waals surface area contributed by atoms with Crippen molar-refractivity contribution in [3.63, 3.8) is 0 Å². The number of para-hydroxylation sites is 1. The van der Waals surface area contributed by atoms with E-state index in [0.29, 0.717) is 12.6 Å². The molecule has 3 N–H and O–H groups in total. The Morgan fingerprint density at radius 3 is 3.06 bits per heavy atom. The van der Waals surface area contributed by atoms with Crippen LogP contribution in [0.2, 0.25) is 0 Å². The third-order valence-electron chi connectivity index (χ3n) is 3.56. The summed E-state index contributed by atoms with van der Waals surface area (Å²) in [6.07, 6.45) is 10.8. The standard InChI is InChI=1S/C16H18N2/c17-10-9-12-11-13-5-1-3-7-15(13)18-16-8-4-2-6-14(12)16/h1-6,8,11,15,18H,7,9-10,17H2. The number of anilines is 1. The van der Waals surface area contributed by atoms with E-state index in [1.54, 1.807) is 0 Å². The number of benzene rings is 1. The van der Waals surface area contributed by atoms with Crippen LogP contribution in [-0.2, 0) is 0 Å². The number of hydrogen-bond donors (Lipinski definition) is 2. The molecule has 1 aliphatic carbocycles. The summed E-state index contributed by atoms with van der Waals surface area (Å²) in [6.45, 7) is 0.688. The van der Waals surface area contributed by atoms with Crippen LogP contribution in [0.1, 0.15) is 18.4 Å². The molecule has 2 heteroatoms. The van der Waals surface area contributed by atoms with Crippen molar-refractivity contribution in [3.8, 4) is 0 Å². The van der Waals surface area contributed by atoms with Gasteiger partial charge in [0.2, 0.25) is 0 Å². The molecule has 1 heterocycles. The van der Waals surface area contributed by atoms with Crippen LogP contribution in [-0.4, -0.2) is 12.6 Å². The maximum Gasteiger partial charge on any atom is 0.0548 e. The van der Waals surface area contributed by atoms with Gasteiger partial charge in [0, 0.05) is 11.3 Å². The Hall–Kier alpha value is -1.80. The molecule has 1 unspecified atom stereocenters. The minimum absolute atomic E-state index is 0.395. The van der Waals surface area contributed by atoms with Gasteiger partial charge in [0.15, 0.2) is 0 Å². The van der Waals surface area contributed by atoms with Gasteiger partial charge >= 0.3 is 0 Å². The van der Waals surface area contributed by atoms with E-state index in [0.717, 1.165) is 12.8 Å². The van der Waals surface area contributed by atoms with Gasteiger partial charge in [0.25, 0.3) is 0 Å². The van der Waals surface area contributed by atoms with Gasteiger partial charge < -0.3 is 11.1 Å². The Bertz CT molecular complexity index is 538. The summed E-state index contributed by atoms with van der Waals surface area (Å²) >= 11 is 0. The van der Waals surface area contributed by atoms with Crippen molar-refractivity contribution in [1.82, 2.24) is 0 Å². The number of nitrogens with two attached hydrogens (primary N) is 1. The van der Waals surface area contributed by atoms with Crippen molar-refractivity contribution in [3.05, 3.63) is 59.7 Å². The molecule has 0 radical (unpaired) electrons. The minimum atomic E-state index is 0.395. The Labute approximate surface area is 108 Å². The molecule has 0 fully saturated rings. The van der Waals surface area contributed by atoms with E-state index in [1.165, 1.54) is 22.4 Å². The predicted molar refractivity (Wildman–Crippen MR) is 77.3 cm³/mol. The second kappa shape index (κ2) is 4.83. The second-order valence-corrected chi connectivity index (χ2v) is 4.78. The first kappa shape index (κ1) is 11.3. The Morgan fingerprint density at radius 2 is 2.17 bits per heavy atom. The fraction of sp³-hybridized carbons (Fsp3) is 0.250. The van der Waals surface area contributed by atoms with Crippen molar-refractivity contribution in [1.29, 1.82) is 0 Å². The molecular weight excluding hydrogens is 220 g/mol. The van der Waals surface area contributed by atoms with Gasteiger partial charge in [-0.05, 0) is 36.6 Å². The summed E-state index contributed by atoms with van der Waals surface area (Å²) in [6, 6.07) is 8.90. The zero-order valence-electron chi connectivity index (χ0n) is 10.4. The highest BCUT2D eigenvalue weighted by Gasteiger charge is 2.20. The normalized spacial score (nSPS) is 21.1. The Morgan fingerprint density at radius 1 is 1.28 bits per heavy atom. The Kier molecular flexibility index (Phi) is 3.03. The zero-order chi connectivity index (χ0) is 12.4. The van der Waals surface area contributed by atoms with Crippen molar-refractivity contribution >= 4 is 11.3 Å². The van der Waals surface area contributed by atoms with E-state index < -0.39 is 0 Å². The van der Waals surface area contributed by atoms with Crippen LogP contribution >= 0.6 is 0 Å². The van der Waals surface area contributed by atoms with E-state index in [2.05, 4.69) is 53.9 Å². The third kappa shape index (κ3) is 2.00. The fourth-order valence-electron chi connectivity index (χ4n) is 2.65. The molecule has 92 valence electrons. The van der Waals surface area contributed by atoms with Crippen LogP contribution < -0.4 is 11.1 Å². The lowest BCUT2D eigenvalue weighted by atomic mass is 9.96. The monoisotopic (exact) mass is 238 g/mol. The van der Waals surface area contributed by atoms with Gasteiger partial charge in [0.05, 0.1) is 6.04 Å². The highest BCUT2D eigenvalue weighted by molar-refractivity contribution is 5.80. The van der Waals surface area contributed by atoms with Crippen LogP contribution in [0.5, 0.6) is 0 Å². The molecule has 3 rings (SSSR count). The first-order chi connectivity index (χ1) is 8.88. The lowest BCUT2D eigenvalue weighted by Crippen LogP contribution is -2.21. The average molecular weight is 238 g/mol. The van der Waals surface area contributed by atoms with Gasteiger partial charge in [-0.1, -0.05) is 42.5 Å². The molecule has 2 nitrogen and oxygen atoms in total. The Balaban J connectivity index is 2.09. The first-order valence-electron chi connectivity index (χ1n) is 6.52. The summed E-state index contributed by atoms with van der Waals surface area (Å²) < 4.78 is 0. The highest BCUT2D eigenvalue weighted by Crippen LogP contribution is 2.34. The average Bonchev–Trinajstić information content (AvgIpc) is 2.56. The predicted octanol–water partition coefficient (Wildman–Crippen LogP) is 3.10. The van der Waals surface area contributed by atoms with Gasteiger partial charge in [-0.3, -0.25) is 0 Å². The van der Waals surface area contributed by atoms with E-state index in [-0.39, 0.29) is 0 Å². The summed E-state index contributed by atoms with van der Waals surface area (Å²) in [7, 11) is 0. The number of nitrogens with one attached hydrogen (secondary N) is 1. The third-order valence-corrected chi connectivity index (χ3v) is 3.56. The molecule has 18 heavy (non-hydrogen) atoms. The van der Waals surface area contributed by atoms with Crippen molar-refractivity contribution < 1.29 is 0 Å². The van der Waals surface area contributed by atoms with Crippen molar-refractivity contribution in [2.75, 3.05) is 11.9 Å². The highest BCUT2D eigenvalue weighted by atomic mass is 14.9. The van der Waals surface area contributed by atoms with Gasteiger partial charge in [-0.2, -0.15) is 0 Å². The van der Waals surface area contributed by atoms with Crippen LogP contribution in [0.4, 0.5) is 5.69 Å². The largest absolute Gasteiger partial charge is 0.377 e. The van der Waals surface area contributed by atoms with E-state index >= 15 is 0 Å². The number of hydrogen-bond acceptors (Lipinski definition) is 2. The summed E-state index contributed by atoms with van der Waals surface area (Å²) in [4.78, 5) is 0. The molecule has 1 aromatic carbocycles. The van der Waals surface area contributed by atoms with E-state index in [1.807, 2.05) is 0 Å². The fourth-order valence-corrected chi connectivity index (χ4v) is 2.65. The molecule has 0 bridgehead atoms. The van der Waals surface area contributed by atoms with Gasteiger partial charge in [-0.25, -0.2) is 0 Å². The topological polar surface area (TPSA) is 38.0 Å². The van der Waals surface area contributed by atoms with Crippen molar-refractivity contribution in [2.45, 2.75) is 18.9 Å². The molecule has 0 amide bonds. The minimum Gasteiger partial charge on any atom is -0.377 e. The van der Waals surface area contributed by atoms with E-state index in [4.69, 9.17) is 5.73 Å². The quantitative estimate of drug-likeness (QED) is 0.831. The molecule has 1 aromatic rings. The van der Waals surface area contributed by atoms with E-state index in [9.17, 15) is 0 Å². The molecular formula is C16H18N2. The molecule has 0 saturated carbocycles. The van der Waals surface area contributed by atoms with Crippen LogP contribution in [0.3, 0.4) is 0 Å². The zero-order valence-corrected chi connectivity index (χ0v) is 10.4. The molecule has 0 spiro atoms. The van der Waals surface area contributed by atoms with Gasteiger partial charge in [0.1, 0.15) is 0 Å². The SMILES string of the molecule is NCCC1=CC2=CC=CCC2Nc2ccccc21. The van der Waals surface area contributed by atoms with Gasteiger partial charge in [-0.15, -0.1) is 0 Å². The summed E-state index contributed by atoms with van der Waals surface area (Å²) in [5.41, 5.74) is 11.0. The molecule has 1 atom stereocenters.